The van der Waals surface area contributed by atoms with E-state index in [9.17, 15) is 4.39 Å². The topological polar surface area (TPSA) is 44.5 Å². The molecule has 0 heterocycles. The van der Waals surface area contributed by atoms with Crippen LogP contribution < -0.4 is 15.2 Å². The number of nitrogens with two attached hydrogens (primary N) is 1. The molecule has 0 aliphatic carbocycles. The van der Waals surface area contributed by atoms with E-state index in [1.807, 2.05) is 0 Å². The quantitative estimate of drug-likeness (QED) is 0.582. The predicted octanol–water partition coefficient (Wildman–Crippen LogP) is 2.02. The number of alkyl halides is 1. The van der Waals surface area contributed by atoms with Crippen LogP contribution in [0.25, 0.3) is 0 Å². The number of rotatable bonds is 5. The summed E-state index contributed by atoms with van der Waals surface area (Å²) in [5, 5.41) is 0. The number of anilines is 1. The first-order valence-electron chi connectivity index (χ1n) is 4.40. The van der Waals surface area contributed by atoms with Gasteiger partial charge in [0.25, 0.3) is 0 Å². The van der Waals surface area contributed by atoms with Crippen LogP contribution in [0.15, 0.2) is 18.2 Å². The number of ether oxygens (including phenoxy) is 2. The maximum Gasteiger partial charge on any atom is 0.162 e. The van der Waals surface area contributed by atoms with Crippen molar-refractivity contribution < 1.29 is 13.9 Å². The first kappa shape index (κ1) is 10.6. The molecule has 0 unspecified atom stereocenters. The van der Waals surface area contributed by atoms with Crippen molar-refractivity contribution in [2.24, 2.45) is 0 Å². The molecule has 0 aliphatic heterocycles. The highest BCUT2D eigenvalue weighted by Crippen LogP contribution is 2.28. The summed E-state index contributed by atoms with van der Waals surface area (Å²) >= 11 is 0. The van der Waals surface area contributed by atoms with Crippen molar-refractivity contribution in [3.8, 4) is 11.5 Å². The zero-order chi connectivity index (χ0) is 10.4. The van der Waals surface area contributed by atoms with Gasteiger partial charge >= 0.3 is 0 Å². The number of hydrogen-bond donors (Lipinski definition) is 1. The SMILES string of the molecule is COc1cc(N)ccc1OCCCF. The highest BCUT2D eigenvalue weighted by atomic mass is 19.1. The summed E-state index contributed by atoms with van der Waals surface area (Å²) < 4.78 is 22.2. The fourth-order valence-corrected chi connectivity index (χ4v) is 1.04. The summed E-state index contributed by atoms with van der Waals surface area (Å²) in [6, 6.07) is 5.10. The normalized spacial score (nSPS) is 9.86. The fourth-order valence-electron chi connectivity index (χ4n) is 1.04. The molecular formula is C10H14FNO2. The van der Waals surface area contributed by atoms with Gasteiger partial charge in [0.1, 0.15) is 0 Å². The van der Waals surface area contributed by atoms with Gasteiger partial charge in [-0.1, -0.05) is 0 Å². The zero-order valence-electron chi connectivity index (χ0n) is 8.13. The van der Waals surface area contributed by atoms with Gasteiger partial charge in [-0.2, -0.15) is 0 Å². The summed E-state index contributed by atoms with van der Waals surface area (Å²) in [5.41, 5.74) is 6.17. The van der Waals surface area contributed by atoms with E-state index in [-0.39, 0.29) is 6.67 Å². The van der Waals surface area contributed by atoms with Gasteiger partial charge in [-0.15, -0.1) is 0 Å². The average molecular weight is 199 g/mol. The number of nitrogen functional groups attached to an aromatic ring is 1. The lowest BCUT2D eigenvalue weighted by Gasteiger charge is -2.10. The summed E-state index contributed by atoms with van der Waals surface area (Å²) in [6.45, 7) is -0.0337. The minimum atomic E-state index is -0.378. The third-order valence-corrected chi connectivity index (χ3v) is 1.72. The Hall–Kier alpha value is -1.45. The minimum Gasteiger partial charge on any atom is -0.493 e. The largest absolute Gasteiger partial charge is 0.493 e. The molecule has 0 saturated heterocycles. The number of benzene rings is 1. The van der Waals surface area contributed by atoms with Crippen molar-refractivity contribution in [1.29, 1.82) is 0 Å². The van der Waals surface area contributed by atoms with Crippen LogP contribution >= 0.6 is 0 Å². The first-order chi connectivity index (χ1) is 6.77. The van der Waals surface area contributed by atoms with Crippen LogP contribution in [0, 0.1) is 0 Å². The molecule has 1 aromatic rings. The molecule has 0 radical (unpaired) electrons. The Morgan fingerprint density at radius 3 is 2.79 bits per heavy atom. The molecule has 0 saturated carbocycles. The Balaban J connectivity index is 2.65. The summed E-state index contributed by atoms with van der Waals surface area (Å²) in [5.74, 6) is 1.17. The Bertz CT molecular complexity index is 291. The minimum absolute atomic E-state index is 0.344. The van der Waals surface area contributed by atoms with E-state index < -0.39 is 0 Å². The Labute approximate surface area is 82.6 Å². The van der Waals surface area contributed by atoms with E-state index in [0.717, 1.165) is 0 Å². The molecule has 0 fully saturated rings. The molecule has 78 valence electrons. The number of hydrogen-bond acceptors (Lipinski definition) is 3. The van der Waals surface area contributed by atoms with Crippen molar-refractivity contribution in [2.75, 3.05) is 26.1 Å². The maximum absolute atomic E-state index is 11.8. The molecule has 2 N–H and O–H groups in total. The van der Waals surface area contributed by atoms with E-state index in [1.165, 1.54) is 7.11 Å². The van der Waals surface area contributed by atoms with Gasteiger partial charge in [0, 0.05) is 18.2 Å². The van der Waals surface area contributed by atoms with Gasteiger partial charge in [-0.3, -0.25) is 4.39 Å². The van der Waals surface area contributed by atoms with Crippen molar-refractivity contribution in [3.05, 3.63) is 18.2 Å². The van der Waals surface area contributed by atoms with Gasteiger partial charge in [0.05, 0.1) is 20.4 Å². The van der Waals surface area contributed by atoms with Gasteiger partial charge in [-0.05, 0) is 12.1 Å². The average Bonchev–Trinajstić information content (AvgIpc) is 2.20. The molecule has 14 heavy (non-hydrogen) atoms. The number of methoxy groups -OCH3 is 1. The zero-order valence-corrected chi connectivity index (χ0v) is 8.13. The Kier molecular flexibility index (Phi) is 4.04. The van der Waals surface area contributed by atoms with Gasteiger partial charge in [0.15, 0.2) is 11.5 Å². The molecule has 4 heteroatoms. The standard InChI is InChI=1S/C10H14FNO2/c1-13-10-7-8(12)3-4-9(10)14-6-2-5-11/h3-4,7H,2,5-6,12H2,1H3. The van der Waals surface area contributed by atoms with E-state index in [1.54, 1.807) is 18.2 Å². The third-order valence-electron chi connectivity index (χ3n) is 1.72. The molecular weight excluding hydrogens is 185 g/mol. The second-order valence-corrected chi connectivity index (χ2v) is 2.80. The smallest absolute Gasteiger partial charge is 0.162 e. The van der Waals surface area contributed by atoms with Crippen molar-refractivity contribution in [2.45, 2.75) is 6.42 Å². The van der Waals surface area contributed by atoms with E-state index in [0.29, 0.717) is 30.2 Å². The molecule has 0 aromatic heterocycles. The molecule has 0 atom stereocenters. The van der Waals surface area contributed by atoms with Crippen LogP contribution in [-0.4, -0.2) is 20.4 Å². The summed E-state index contributed by atoms with van der Waals surface area (Å²) in [6.07, 6.45) is 0.382. The third kappa shape index (κ3) is 2.80. The first-order valence-corrected chi connectivity index (χ1v) is 4.40. The predicted molar refractivity (Wildman–Crippen MR) is 53.5 cm³/mol. The summed E-state index contributed by atoms with van der Waals surface area (Å²) in [7, 11) is 1.54. The Morgan fingerprint density at radius 2 is 2.14 bits per heavy atom. The lowest BCUT2D eigenvalue weighted by atomic mass is 10.3. The molecule has 1 aromatic carbocycles. The Morgan fingerprint density at radius 1 is 1.36 bits per heavy atom. The van der Waals surface area contributed by atoms with Crippen LogP contribution in [0.4, 0.5) is 10.1 Å². The van der Waals surface area contributed by atoms with E-state index >= 15 is 0 Å². The van der Waals surface area contributed by atoms with Gasteiger partial charge < -0.3 is 15.2 Å². The monoisotopic (exact) mass is 199 g/mol. The highest BCUT2D eigenvalue weighted by molar-refractivity contribution is 5.51. The second-order valence-electron chi connectivity index (χ2n) is 2.80. The van der Waals surface area contributed by atoms with Crippen molar-refractivity contribution in [3.63, 3.8) is 0 Å². The molecule has 3 nitrogen and oxygen atoms in total. The molecule has 0 spiro atoms. The van der Waals surface area contributed by atoms with Crippen molar-refractivity contribution in [1.82, 2.24) is 0 Å². The highest BCUT2D eigenvalue weighted by Gasteiger charge is 2.03. The van der Waals surface area contributed by atoms with E-state index in [4.69, 9.17) is 15.2 Å². The molecule has 0 bridgehead atoms. The van der Waals surface area contributed by atoms with Crippen LogP contribution in [-0.2, 0) is 0 Å². The molecule has 0 aliphatic rings. The van der Waals surface area contributed by atoms with Gasteiger partial charge in [-0.25, -0.2) is 0 Å². The van der Waals surface area contributed by atoms with Crippen LogP contribution in [0.3, 0.4) is 0 Å². The summed E-state index contributed by atoms with van der Waals surface area (Å²) in [4.78, 5) is 0. The van der Waals surface area contributed by atoms with Crippen LogP contribution in [0.5, 0.6) is 11.5 Å². The fraction of sp³-hybridized carbons (Fsp3) is 0.400. The van der Waals surface area contributed by atoms with E-state index in [2.05, 4.69) is 0 Å². The van der Waals surface area contributed by atoms with Crippen LogP contribution in [0.2, 0.25) is 0 Å². The van der Waals surface area contributed by atoms with Crippen LogP contribution in [0.1, 0.15) is 6.42 Å². The molecule has 1 rings (SSSR count). The van der Waals surface area contributed by atoms with Crippen molar-refractivity contribution >= 4 is 5.69 Å². The van der Waals surface area contributed by atoms with Gasteiger partial charge in [0.2, 0.25) is 0 Å². The second kappa shape index (κ2) is 5.32. The lowest BCUT2D eigenvalue weighted by molar-refractivity contribution is 0.274. The maximum atomic E-state index is 11.8. The molecule has 0 amide bonds. The number of halogens is 1. The lowest BCUT2D eigenvalue weighted by Crippen LogP contribution is -2.00.